The minimum atomic E-state index is -3.42. The SMILES string of the molecule is CCNC(=NCC1Cc2ccccc2O1)N1CCN(S(=O)(=O)Cc2ccon2)CC1.I. The molecule has 0 saturated carbocycles. The first-order valence-electron chi connectivity index (χ1n) is 10.2. The second-order valence-corrected chi connectivity index (χ2v) is 9.35. The number of nitrogens with one attached hydrogen (secondary N) is 1. The molecule has 3 heterocycles. The Kier molecular flexibility index (Phi) is 8.17. The minimum absolute atomic E-state index is 0. The van der Waals surface area contributed by atoms with Crippen molar-refractivity contribution in [2.75, 3.05) is 39.3 Å². The van der Waals surface area contributed by atoms with E-state index >= 15 is 0 Å². The standard InChI is InChI=1S/C20H27N5O4S.HI/c1-2-21-20(22-14-18-13-16-5-3-4-6-19(16)29-18)24-8-10-25(11-9-24)30(26,27)15-17-7-12-28-23-17;/h3-7,12,18H,2,8-11,13-15H2,1H3,(H,21,22);1H. The van der Waals surface area contributed by atoms with Crippen molar-refractivity contribution in [3.8, 4) is 5.75 Å². The van der Waals surface area contributed by atoms with E-state index in [-0.39, 0.29) is 35.8 Å². The second kappa shape index (κ2) is 10.6. The number of hydrogen-bond donors (Lipinski definition) is 1. The van der Waals surface area contributed by atoms with Gasteiger partial charge in [-0.05, 0) is 18.6 Å². The molecular formula is C20H28IN5O4S. The van der Waals surface area contributed by atoms with Gasteiger partial charge in [-0.2, -0.15) is 4.31 Å². The summed E-state index contributed by atoms with van der Waals surface area (Å²) >= 11 is 0. The van der Waals surface area contributed by atoms with Crippen molar-refractivity contribution in [3.63, 3.8) is 0 Å². The molecule has 1 unspecified atom stereocenters. The Labute approximate surface area is 199 Å². The highest BCUT2D eigenvalue weighted by Gasteiger charge is 2.29. The fourth-order valence-corrected chi connectivity index (χ4v) is 5.16. The molecule has 2 aliphatic heterocycles. The lowest BCUT2D eigenvalue weighted by Gasteiger charge is -2.35. The highest BCUT2D eigenvalue weighted by molar-refractivity contribution is 14.0. The first-order valence-corrected chi connectivity index (χ1v) is 11.8. The van der Waals surface area contributed by atoms with Gasteiger partial charge in [0.05, 0.1) is 12.2 Å². The Morgan fingerprint density at radius 2 is 2.00 bits per heavy atom. The monoisotopic (exact) mass is 561 g/mol. The summed E-state index contributed by atoms with van der Waals surface area (Å²) in [6.45, 7) is 5.31. The minimum Gasteiger partial charge on any atom is -0.488 e. The molecule has 1 aromatic carbocycles. The molecule has 11 heteroatoms. The Bertz CT molecular complexity index is 950. The van der Waals surface area contributed by atoms with E-state index < -0.39 is 10.0 Å². The van der Waals surface area contributed by atoms with Crippen LogP contribution in [-0.2, 0) is 22.2 Å². The van der Waals surface area contributed by atoms with Gasteiger partial charge >= 0.3 is 0 Å². The number of halogens is 1. The van der Waals surface area contributed by atoms with Crippen LogP contribution >= 0.6 is 24.0 Å². The van der Waals surface area contributed by atoms with E-state index in [1.807, 2.05) is 25.1 Å². The van der Waals surface area contributed by atoms with E-state index in [4.69, 9.17) is 14.3 Å². The summed E-state index contributed by atoms with van der Waals surface area (Å²) in [6, 6.07) is 9.65. The molecule has 0 amide bonds. The zero-order chi connectivity index (χ0) is 21.0. The van der Waals surface area contributed by atoms with Crippen LogP contribution in [0.25, 0.3) is 0 Å². The molecule has 4 rings (SSSR count). The van der Waals surface area contributed by atoms with Crippen molar-refractivity contribution < 1.29 is 17.7 Å². The molecule has 1 fully saturated rings. The molecular weight excluding hydrogens is 533 g/mol. The average molecular weight is 561 g/mol. The van der Waals surface area contributed by atoms with Crippen LogP contribution in [0.3, 0.4) is 0 Å². The number of guanidine groups is 1. The van der Waals surface area contributed by atoms with Crippen molar-refractivity contribution in [2.24, 2.45) is 4.99 Å². The third-order valence-electron chi connectivity index (χ3n) is 5.25. The van der Waals surface area contributed by atoms with Gasteiger partial charge in [0.15, 0.2) is 5.96 Å². The molecule has 0 radical (unpaired) electrons. The molecule has 1 N–H and O–H groups in total. The Morgan fingerprint density at radius 1 is 1.23 bits per heavy atom. The molecule has 1 saturated heterocycles. The predicted octanol–water partition coefficient (Wildman–Crippen LogP) is 1.71. The molecule has 0 spiro atoms. The van der Waals surface area contributed by atoms with Crippen molar-refractivity contribution in [1.82, 2.24) is 19.7 Å². The molecule has 1 atom stereocenters. The van der Waals surface area contributed by atoms with E-state index in [1.54, 1.807) is 6.07 Å². The number of benzene rings is 1. The lowest BCUT2D eigenvalue weighted by atomic mass is 10.1. The van der Waals surface area contributed by atoms with E-state index in [1.165, 1.54) is 16.1 Å². The van der Waals surface area contributed by atoms with Gasteiger partial charge in [-0.1, -0.05) is 23.4 Å². The van der Waals surface area contributed by atoms with E-state index in [0.29, 0.717) is 38.4 Å². The molecule has 0 bridgehead atoms. The van der Waals surface area contributed by atoms with Crippen molar-refractivity contribution in [3.05, 3.63) is 47.9 Å². The van der Waals surface area contributed by atoms with E-state index in [0.717, 1.165) is 24.7 Å². The van der Waals surface area contributed by atoms with Gasteiger partial charge in [-0.15, -0.1) is 24.0 Å². The van der Waals surface area contributed by atoms with Gasteiger partial charge in [0, 0.05) is 45.2 Å². The third-order valence-corrected chi connectivity index (χ3v) is 7.06. The number of hydrogen-bond acceptors (Lipinski definition) is 6. The van der Waals surface area contributed by atoms with E-state index in [9.17, 15) is 8.42 Å². The third kappa shape index (κ3) is 5.89. The van der Waals surface area contributed by atoms with Crippen LogP contribution < -0.4 is 10.1 Å². The smallest absolute Gasteiger partial charge is 0.220 e. The van der Waals surface area contributed by atoms with Crippen LogP contribution in [0.1, 0.15) is 18.2 Å². The van der Waals surface area contributed by atoms with Gasteiger partial charge in [-0.25, -0.2) is 13.4 Å². The summed E-state index contributed by atoms with van der Waals surface area (Å²) in [5.41, 5.74) is 1.64. The zero-order valence-corrected chi connectivity index (χ0v) is 20.6. The van der Waals surface area contributed by atoms with Crippen molar-refractivity contribution in [2.45, 2.75) is 25.2 Å². The van der Waals surface area contributed by atoms with Gasteiger partial charge < -0.3 is 19.5 Å². The Morgan fingerprint density at radius 3 is 2.68 bits per heavy atom. The number of sulfonamides is 1. The largest absolute Gasteiger partial charge is 0.488 e. The second-order valence-electron chi connectivity index (χ2n) is 7.38. The Balaban J connectivity index is 0.00000272. The normalized spacial score (nSPS) is 19.5. The van der Waals surface area contributed by atoms with Gasteiger partial charge in [-0.3, -0.25) is 0 Å². The number of ether oxygens (including phenoxy) is 1. The van der Waals surface area contributed by atoms with Gasteiger partial charge in [0.1, 0.15) is 23.9 Å². The number of piperazine rings is 1. The highest BCUT2D eigenvalue weighted by atomic mass is 127. The van der Waals surface area contributed by atoms with Crippen LogP contribution in [0.5, 0.6) is 5.75 Å². The van der Waals surface area contributed by atoms with Gasteiger partial charge in [0.2, 0.25) is 10.0 Å². The summed E-state index contributed by atoms with van der Waals surface area (Å²) in [5.74, 6) is 1.59. The van der Waals surface area contributed by atoms with Crippen LogP contribution in [0, 0.1) is 0 Å². The average Bonchev–Trinajstić information content (AvgIpc) is 3.40. The summed E-state index contributed by atoms with van der Waals surface area (Å²) < 4.78 is 37.5. The number of aliphatic imine (C=N–C) groups is 1. The maximum absolute atomic E-state index is 12.6. The van der Waals surface area contributed by atoms with Crippen LogP contribution in [0.15, 0.2) is 46.1 Å². The molecule has 2 aromatic rings. The quantitative estimate of drug-likeness (QED) is 0.326. The lowest BCUT2D eigenvalue weighted by molar-refractivity contribution is 0.237. The van der Waals surface area contributed by atoms with Crippen LogP contribution in [-0.4, -0.2) is 74.1 Å². The van der Waals surface area contributed by atoms with E-state index in [2.05, 4.69) is 21.4 Å². The number of nitrogens with zero attached hydrogens (tertiary/aromatic N) is 4. The number of para-hydroxylation sites is 1. The zero-order valence-electron chi connectivity index (χ0n) is 17.4. The molecule has 9 nitrogen and oxygen atoms in total. The van der Waals surface area contributed by atoms with Crippen LogP contribution in [0.4, 0.5) is 0 Å². The number of rotatable bonds is 6. The maximum atomic E-state index is 12.6. The van der Waals surface area contributed by atoms with Crippen LogP contribution in [0.2, 0.25) is 0 Å². The topological polar surface area (TPSA) is 100 Å². The highest BCUT2D eigenvalue weighted by Crippen LogP contribution is 2.28. The first-order chi connectivity index (χ1) is 14.5. The van der Waals surface area contributed by atoms with Crippen molar-refractivity contribution >= 4 is 40.0 Å². The molecule has 2 aliphatic rings. The van der Waals surface area contributed by atoms with Crippen molar-refractivity contribution in [1.29, 1.82) is 0 Å². The number of fused-ring (bicyclic) bond motifs is 1. The summed E-state index contributed by atoms with van der Waals surface area (Å²) in [5, 5.41) is 7.03. The van der Waals surface area contributed by atoms with Gasteiger partial charge in [0.25, 0.3) is 0 Å². The fraction of sp³-hybridized carbons (Fsp3) is 0.500. The Hall–Kier alpha value is -1.86. The summed E-state index contributed by atoms with van der Waals surface area (Å²) in [4.78, 5) is 6.87. The predicted molar refractivity (Wildman–Crippen MR) is 128 cm³/mol. The maximum Gasteiger partial charge on any atom is 0.220 e. The molecule has 170 valence electrons. The fourth-order valence-electron chi connectivity index (χ4n) is 3.74. The summed E-state index contributed by atoms with van der Waals surface area (Å²) in [6.07, 6.45) is 2.27. The lowest BCUT2D eigenvalue weighted by Crippen LogP contribution is -2.54. The molecule has 31 heavy (non-hydrogen) atoms. The molecule has 1 aromatic heterocycles. The molecule has 0 aliphatic carbocycles. The first kappa shape index (κ1) is 23.8. The number of aromatic nitrogens is 1. The summed E-state index contributed by atoms with van der Waals surface area (Å²) in [7, 11) is -3.42.